The minimum atomic E-state index is -0.0251. The quantitative estimate of drug-likeness (QED) is 0.750. The van der Waals surface area contributed by atoms with Crippen molar-refractivity contribution in [1.29, 1.82) is 0 Å². The van der Waals surface area contributed by atoms with Gasteiger partial charge in [-0.25, -0.2) is 0 Å². The van der Waals surface area contributed by atoms with Crippen molar-refractivity contribution in [1.82, 2.24) is 15.1 Å². The molecule has 1 aliphatic rings. The number of hydrogen-bond donors (Lipinski definition) is 1. The highest BCUT2D eigenvalue weighted by atomic mass is 16.2. The summed E-state index contributed by atoms with van der Waals surface area (Å²) in [6, 6.07) is 0.330. The second kappa shape index (κ2) is 7.36. The third-order valence-corrected chi connectivity index (χ3v) is 3.47. The van der Waals surface area contributed by atoms with Gasteiger partial charge < -0.3 is 15.1 Å². The van der Waals surface area contributed by atoms with Crippen LogP contribution in [0, 0.1) is 0 Å². The molecule has 1 rings (SSSR count). The summed E-state index contributed by atoms with van der Waals surface area (Å²) in [6.45, 7) is 6.29. The first kappa shape index (κ1) is 15.0. The van der Waals surface area contributed by atoms with Gasteiger partial charge in [0.05, 0.1) is 13.1 Å². The van der Waals surface area contributed by atoms with Gasteiger partial charge in [-0.2, -0.15) is 0 Å². The highest BCUT2D eigenvalue weighted by molar-refractivity contribution is 5.85. The fourth-order valence-electron chi connectivity index (χ4n) is 1.90. The molecule has 5 heteroatoms. The molecule has 0 radical (unpaired) electrons. The lowest BCUT2D eigenvalue weighted by atomic mass is 10.2. The average molecular weight is 255 g/mol. The van der Waals surface area contributed by atoms with Gasteiger partial charge in [0.2, 0.25) is 11.8 Å². The molecule has 1 unspecified atom stereocenters. The molecule has 5 nitrogen and oxygen atoms in total. The number of nitrogens with one attached hydrogen (secondary N) is 1. The van der Waals surface area contributed by atoms with Gasteiger partial charge in [-0.05, 0) is 26.2 Å². The standard InChI is InChI=1S/C13H25N3O2/c1-4-11(2)14-9-12(17)15(3)10-13(18)16-7-5-6-8-16/h11,14H,4-10H2,1-3H3. The fraction of sp³-hybridized carbons (Fsp3) is 0.846. The molecule has 18 heavy (non-hydrogen) atoms. The van der Waals surface area contributed by atoms with Crippen LogP contribution in [0.5, 0.6) is 0 Å². The minimum absolute atomic E-state index is 0.0251. The molecule has 0 bridgehead atoms. The van der Waals surface area contributed by atoms with Crippen LogP contribution in [0.1, 0.15) is 33.1 Å². The van der Waals surface area contributed by atoms with Gasteiger partial charge in [-0.3, -0.25) is 9.59 Å². The van der Waals surface area contributed by atoms with E-state index in [0.717, 1.165) is 32.4 Å². The fourth-order valence-corrected chi connectivity index (χ4v) is 1.90. The molecular weight excluding hydrogens is 230 g/mol. The highest BCUT2D eigenvalue weighted by Gasteiger charge is 2.20. The molecule has 0 spiro atoms. The average Bonchev–Trinajstić information content (AvgIpc) is 2.89. The minimum Gasteiger partial charge on any atom is -0.341 e. The number of likely N-dealkylation sites (N-methyl/N-ethyl adjacent to an activating group) is 1. The highest BCUT2D eigenvalue weighted by Crippen LogP contribution is 2.07. The maximum Gasteiger partial charge on any atom is 0.242 e. The molecule has 0 saturated carbocycles. The van der Waals surface area contributed by atoms with Crippen LogP contribution < -0.4 is 5.32 Å². The third-order valence-electron chi connectivity index (χ3n) is 3.47. The van der Waals surface area contributed by atoms with Crippen molar-refractivity contribution in [2.75, 3.05) is 33.2 Å². The van der Waals surface area contributed by atoms with Crippen LogP contribution in [-0.2, 0) is 9.59 Å². The first-order valence-electron chi connectivity index (χ1n) is 6.79. The number of nitrogens with zero attached hydrogens (tertiary/aromatic N) is 2. The van der Waals surface area contributed by atoms with Gasteiger partial charge in [-0.15, -0.1) is 0 Å². The number of carbonyl (C=O) groups excluding carboxylic acids is 2. The van der Waals surface area contributed by atoms with Gasteiger partial charge in [-0.1, -0.05) is 6.92 Å². The molecule has 1 heterocycles. The normalized spacial score (nSPS) is 16.7. The van der Waals surface area contributed by atoms with Gasteiger partial charge in [0.1, 0.15) is 0 Å². The maximum atomic E-state index is 11.9. The van der Waals surface area contributed by atoms with Crippen molar-refractivity contribution < 1.29 is 9.59 Å². The van der Waals surface area contributed by atoms with E-state index in [1.165, 1.54) is 4.90 Å². The smallest absolute Gasteiger partial charge is 0.242 e. The largest absolute Gasteiger partial charge is 0.341 e. The van der Waals surface area contributed by atoms with E-state index in [4.69, 9.17) is 0 Å². The van der Waals surface area contributed by atoms with Crippen molar-refractivity contribution >= 4 is 11.8 Å². The molecule has 0 aromatic heterocycles. The summed E-state index contributed by atoms with van der Waals surface area (Å²) in [5.41, 5.74) is 0. The zero-order chi connectivity index (χ0) is 13.5. The van der Waals surface area contributed by atoms with E-state index in [-0.39, 0.29) is 18.4 Å². The maximum absolute atomic E-state index is 11.9. The first-order chi connectivity index (χ1) is 8.54. The Morgan fingerprint density at radius 2 is 1.94 bits per heavy atom. The monoisotopic (exact) mass is 255 g/mol. The summed E-state index contributed by atoms with van der Waals surface area (Å²) in [6.07, 6.45) is 3.15. The molecule has 2 amide bonds. The Kier molecular flexibility index (Phi) is 6.12. The lowest BCUT2D eigenvalue weighted by Gasteiger charge is -2.22. The van der Waals surface area contributed by atoms with E-state index < -0.39 is 0 Å². The molecule has 0 aromatic carbocycles. The van der Waals surface area contributed by atoms with Crippen LogP contribution in [0.15, 0.2) is 0 Å². The first-order valence-corrected chi connectivity index (χ1v) is 6.79. The number of carbonyl (C=O) groups is 2. The number of rotatable bonds is 6. The predicted octanol–water partition coefficient (Wildman–Crippen LogP) is 0.455. The predicted molar refractivity (Wildman–Crippen MR) is 71.2 cm³/mol. The molecule has 0 aliphatic carbocycles. The van der Waals surface area contributed by atoms with Gasteiger partial charge in [0, 0.05) is 26.2 Å². The summed E-state index contributed by atoms with van der Waals surface area (Å²) in [7, 11) is 1.69. The number of hydrogen-bond acceptors (Lipinski definition) is 3. The molecule has 1 fully saturated rings. The van der Waals surface area contributed by atoms with Crippen molar-refractivity contribution in [3.8, 4) is 0 Å². The number of likely N-dealkylation sites (tertiary alicyclic amines) is 1. The van der Waals surface area contributed by atoms with Crippen LogP contribution in [0.4, 0.5) is 0 Å². The van der Waals surface area contributed by atoms with Crippen LogP contribution in [0.25, 0.3) is 0 Å². The molecule has 1 atom stereocenters. The van der Waals surface area contributed by atoms with Crippen LogP contribution in [0.3, 0.4) is 0 Å². The molecule has 1 saturated heterocycles. The number of amides is 2. The second-order valence-electron chi connectivity index (χ2n) is 5.03. The Morgan fingerprint density at radius 1 is 1.33 bits per heavy atom. The molecule has 104 valence electrons. The zero-order valence-corrected chi connectivity index (χ0v) is 11.7. The van der Waals surface area contributed by atoms with Crippen LogP contribution >= 0.6 is 0 Å². The van der Waals surface area contributed by atoms with Gasteiger partial charge in [0.15, 0.2) is 0 Å². The topological polar surface area (TPSA) is 52.7 Å². The molecule has 1 aliphatic heterocycles. The Morgan fingerprint density at radius 3 is 2.50 bits per heavy atom. The summed E-state index contributed by atoms with van der Waals surface area (Å²) < 4.78 is 0. The van der Waals surface area contributed by atoms with E-state index in [2.05, 4.69) is 12.2 Å². The summed E-state index contributed by atoms with van der Waals surface area (Å²) >= 11 is 0. The van der Waals surface area contributed by atoms with Gasteiger partial charge >= 0.3 is 0 Å². The molecule has 0 aromatic rings. The van der Waals surface area contributed by atoms with Crippen molar-refractivity contribution in [3.63, 3.8) is 0 Å². The zero-order valence-electron chi connectivity index (χ0n) is 11.7. The second-order valence-corrected chi connectivity index (χ2v) is 5.03. The Hall–Kier alpha value is -1.10. The van der Waals surface area contributed by atoms with E-state index in [9.17, 15) is 9.59 Å². The van der Waals surface area contributed by atoms with E-state index in [0.29, 0.717) is 12.6 Å². The van der Waals surface area contributed by atoms with E-state index in [1.54, 1.807) is 7.05 Å². The van der Waals surface area contributed by atoms with E-state index in [1.807, 2.05) is 11.8 Å². The Bertz CT molecular complexity index is 288. The van der Waals surface area contributed by atoms with Crippen LogP contribution in [0.2, 0.25) is 0 Å². The van der Waals surface area contributed by atoms with Crippen molar-refractivity contribution in [3.05, 3.63) is 0 Å². The Labute approximate surface area is 110 Å². The van der Waals surface area contributed by atoms with Gasteiger partial charge in [0.25, 0.3) is 0 Å². The van der Waals surface area contributed by atoms with E-state index >= 15 is 0 Å². The van der Waals surface area contributed by atoms with Crippen molar-refractivity contribution in [2.24, 2.45) is 0 Å². The Balaban J connectivity index is 2.28. The molecular formula is C13H25N3O2. The summed E-state index contributed by atoms with van der Waals surface area (Å²) in [5.74, 6) is 0.0368. The summed E-state index contributed by atoms with van der Waals surface area (Å²) in [4.78, 5) is 27.0. The van der Waals surface area contributed by atoms with Crippen LogP contribution in [-0.4, -0.2) is 60.9 Å². The van der Waals surface area contributed by atoms with Crippen molar-refractivity contribution in [2.45, 2.75) is 39.2 Å². The lowest BCUT2D eigenvalue weighted by Crippen LogP contribution is -2.44. The summed E-state index contributed by atoms with van der Waals surface area (Å²) in [5, 5.41) is 3.14. The SMILES string of the molecule is CCC(C)NCC(=O)N(C)CC(=O)N1CCCC1. The third kappa shape index (κ3) is 4.64. The lowest BCUT2D eigenvalue weighted by molar-refractivity contribution is -0.138. The molecule has 1 N–H and O–H groups in total.